The molecule has 0 aliphatic carbocycles. The molecule has 0 atom stereocenters. The molecule has 1 aliphatic heterocycles. The molecule has 1 saturated heterocycles. The summed E-state index contributed by atoms with van der Waals surface area (Å²) in [5.74, 6) is 3.33. The van der Waals surface area contributed by atoms with Gasteiger partial charge in [-0.05, 0) is 49.5 Å². The number of terminal acetylenes is 1. The summed E-state index contributed by atoms with van der Waals surface area (Å²) in [6, 6.07) is 5.93. The van der Waals surface area contributed by atoms with E-state index in [0.29, 0.717) is 5.92 Å². The lowest BCUT2D eigenvalue weighted by Crippen LogP contribution is -2.27. The minimum Gasteiger partial charge on any atom is -0.399 e. The van der Waals surface area contributed by atoms with Crippen molar-refractivity contribution in [2.75, 3.05) is 18.8 Å². The van der Waals surface area contributed by atoms with E-state index in [4.69, 9.17) is 12.2 Å². The van der Waals surface area contributed by atoms with E-state index < -0.39 is 0 Å². The largest absolute Gasteiger partial charge is 0.399 e. The molecule has 1 aromatic carbocycles. The van der Waals surface area contributed by atoms with Crippen molar-refractivity contribution < 1.29 is 0 Å². The van der Waals surface area contributed by atoms with E-state index in [0.717, 1.165) is 24.3 Å². The lowest BCUT2D eigenvalue weighted by molar-refractivity contribution is 0.460. The van der Waals surface area contributed by atoms with Crippen molar-refractivity contribution >= 4 is 5.69 Å². The van der Waals surface area contributed by atoms with Crippen LogP contribution in [0.4, 0.5) is 5.69 Å². The zero-order chi connectivity index (χ0) is 12.7. The van der Waals surface area contributed by atoms with Gasteiger partial charge in [0.15, 0.2) is 0 Å². The third kappa shape index (κ3) is 3.51. The molecule has 1 aliphatic rings. The van der Waals surface area contributed by atoms with Crippen LogP contribution < -0.4 is 11.1 Å². The van der Waals surface area contributed by atoms with Crippen LogP contribution in [0, 0.1) is 12.3 Å². The normalized spacial score (nSPS) is 15.6. The van der Waals surface area contributed by atoms with Gasteiger partial charge in [-0.25, -0.2) is 0 Å². The van der Waals surface area contributed by atoms with Crippen molar-refractivity contribution in [2.45, 2.75) is 32.6 Å². The Morgan fingerprint density at radius 1 is 1.29 bits per heavy atom. The van der Waals surface area contributed by atoms with Gasteiger partial charge in [0, 0.05) is 11.3 Å². The molecule has 0 amide bonds. The number of nitrogen functional groups attached to an aromatic ring is 1. The highest BCUT2D eigenvalue weighted by molar-refractivity contribution is 5.52. The summed E-state index contributed by atoms with van der Waals surface area (Å²) in [5.41, 5.74) is 8.72. The molecule has 0 radical (unpaired) electrons. The summed E-state index contributed by atoms with van der Waals surface area (Å²) in [6.45, 7) is 6.16. The molecule has 1 heterocycles. The molecule has 0 unspecified atom stereocenters. The second kappa shape index (κ2) is 6.98. The van der Waals surface area contributed by atoms with Gasteiger partial charge in [-0.3, -0.25) is 0 Å². The second-order valence-corrected chi connectivity index (χ2v) is 4.02. The summed E-state index contributed by atoms with van der Waals surface area (Å²) >= 11 is 0. The van der Waals surface area contributed by atoms with Crippen LogP contribution in [-0.2, 0) is 0 Å². The first-order valence-electron chi connectivity index (χ1n) is 6.38. The zero-order valence-corrected chi connectivity index (χ0v) is 10.8. The molecule has 0 aromatic heterocycles. The highest BCUT2D eigenvalue weighted by Crippen LogP contribution is 2.28. The Morgan fingerprint density at radius 3 is 2.53 bits per heavy atom. The first-order valence-corrected chi connectivity index (χ1v) is 6.38. The predicted molar refractivity (Wildman–Crippen MR) is 75.0 cm³/mol. The van der Waals surface area contributed by atoms with E-state index in [2.05, 4.69) is 17.3 Å². The fraction of sp³-hybridized carbons (Fsp3) is 0.467. The van der Waals surface area contributed by atoms with Crippen molar-refractivity contribution in [1.82, 2.24) is 5.32 Å². The van der Waals surface area contributed by atoms with E-state index in [1.807, 2.05) is 26.0 Å². The minimum absolute atomic E-state index is 0.595. The van der Waals surface area contributed by atoms with Gasteiger partial charge < -0.3 is 11.1 Å². The van der Waals surface area contributed by atoms with Gasteiger partial charge in [-0.1, -0.05) is 25.8 Å². The summed E-state index contributed by atoms with van der Waals surface area (Å²) < 4.78 is 0. The predicted octanol–water partition coefficient (Wildman–Crippen LogP) is 2.74. The lowest BCUT2D eigenvalue weighted by atomic mass is 9.87. The number of hydrogen-bond acceptors (Lipinski definition) is 2. The van der Waals surface area contributed by atoms with Gasteiger partial charge in [-0.15, -0.1) is 6.42 Å². The Balaban J connectivity index is 0.000000686. The first kappa shape index (κ1) is 13.6. The Morgan fingerprint density at radius 2 is 1.94 bits per heavy atom. The van der Waals surface area contributed by atoms with Crippen LogP contribution in [0.1, 0.15) is 43.7 Å². The maximum absolute atomic E-state index is 5.72. The molecule has 92 valence electrons. The molecule has 0 bridgehead atoms. The quantitative estimate of drug-likeness (QED) is 0.575. The van der Waals surface area contributed by atoms with Gasteiger partial charge in [0.1, 0.15) is 0 Å². The number of rotatable bonds is 1. The third-order valence-electron chi connectivity index (χ3n) is 3.01. The summed E-state index contributed by atoms with van der Waals surface area (Å²) in [4.78, 5) is 0. The summed E-state index contributed by atoms with van der Waals surface area (Å²) in [5, 5.41) is 3.36. The SMILES string of the molecule is C#Cc1cc(N)ccc1C1CCNCC1.CC. The average Bonchev–Trinajstić information content (AvgIpc) is 2.42. The van der Waals surface area contributed by atoms with Crippen LogP contribution in [0.3, 0.4) is 0 Å². The molecule has 2 heteroatoms. The Labute approximate surface area is 105 Å². The Hall–Kier alpha value is -1.46. The van der Waals surface area contributed by atoms with Gasteiger partial charge >= 0.3 is 0 Å². The van der Waals surface area contributed by atoms with Crippen LogP contribution in [0.15, 0.2) is 18.2 Å². The molecule has 1 aromatic rings. The summed E-state index contributed by atoms with van der Waals surface area (Å²) in [6.07, 6.45) is 7.84. The topological polar surface area (TPSA) is 38.0 Å². The highest BCUT2D eigenvalue weighted by atomic mass is 14.9. The van der Waals surface area contributed by atoms with Crippen molar-refractivity contribution in [3.63, 3.8) is 0 Å². The fourth-order valence-electron chi connectivity index (χ4n) is 2.19. The number of anilines is 1. The van der Waals surface area contributed by atoms with Gasteiger partial charge in [0.05, 0.1) is 0 Å². The van der Waals surface area contributed by atoms with Crippen LogP contribution >= 0.6 is 0 Å². The zero-order valence-electron chi connectivity index (χ0n) is 10.8. The van der Waals surface area contributed by atoms with Gasteiger partial charge in [0.2, 0.25) is 0 Å². The Bertz CT molecular complexity index is 384. The van der Waals surface area contributed by atoms with E-state index in [1.165, 1.54) is 18.4 Å². The van der Waals surface area contributed by atoms with Crippen molar-refractivity contribution in [1.29, 1.82) is 0 Å². The lowest BCUT2D eigenvalue weighted by Gasteiger charge is -2.24. The molecule has 17 heavy (non-hydrogen) atoms. The monoisotopic (exact) mass is 230 g/mol. The molecule has 0 spiro atoms. The second-order valence-electron chi connectivity index (χ2n) is 4.02. The van der Waals surface area contributed by atoms with Crippen molar-refractivity contribution in [3.8, 4) is 12.3 Å². The number of nitrogens with one attached hydrogen (secondary N) is 1. The highest BCUT2D eigenvalue weighted by Gasteiger charge is 2.17. The maximum Gasteiger partial charge on any atom is 0.0326 e. The standard InChI is InChI=1S/C13H16N2.C2H6/c1-2-10-9-12(14)3-4-13(10)11-5-7-15-8-6-11;1-2/h1,3-4,9,11,15H,5-8,14H2;1-2H3. The molecule has 2 nitrogen and oxygen atoms in total. The van der Waals surface area contributed by atoms with E-state index >= 15 is 0 Å². The smallest absolute Gasteiger partial charge is 0.0326 e. The van der Waals surface area contributed by atoms with Gasteiger partial charge in [0.25, 0.3) is 0 Å². The van der Waals surface area contributed by atoms with Crippen molar-refractivity contribution in [3.05, 3.63) is 29.3 Å². The van der Waals surface area contributed by atoms with Crippen LogP contribution in [0.25, 0.3) is 0 Å². The summed E-state index contributed by atoms with van der Waals surface area (Å²) in [7, 11) is 0. The van der Waals surface area contributed by atoms with Crippen LogP contribution in [0.2, 0.25) is 0 Å². The number of nitrogens with two attached hydrogens (primary N) is 1. The van der Waals surface area contributed by atoms with E-state index in [-0.39, 0.29) is 0 Å². The van der Waals surface area contributed by atoms with Crippen LogP contribution in [-0.4, -0.2) is 13.1 Å². The molecular weight excluding hydrogens is 208 g/mol. The molecule has 0 saturated carbocycles. The van der Waals surface area contributed by atoms with Crippen LogP contribution in [0.5, 0.6) is 0 Å². The molecule has 2 rings (SSSR count). The number of hydrogen-bond donors (Lipinski definition) is 2. The molecule has 1 fully saturated rings. The van der Waals surface area contributed by atoms with Crippen molar-refractivity contribution in [2.24, 2.45) is 0 Å². The minimum atomic E-state index is 0.595. The average molecular weight is 230 g/mol. The Kier molecular flexibility index (Phi) is 5.59. The molecule has 3 N–H and O–H groups in total. The molecular formula is C15H22N2. The fourth-order valence-corrected chi connectivity index (χ4v) is 2.19. The van der Waals surface area contributed by atoms with E-state index in [1.54, 1.807) is 0 Å². The van der Waals surface area contributed by atoms with Gasteiger partial charge in [-0.2, -0.15) is 0 Å². The first-order chi connectivity index (χ1) is 8.31. The van der Waals surface area contributed by atoms with E-state index in [9.17, 15) is 0 Å². The number of benzene rings is 1. The maximum atomic E-state index is 5.72. The number of piperidine rings is 1. The third-order valence-corrected chi connectivity index (χ3v) is 3.01.